The molecule has 0 aromatic heterocycles. The number of methoxy groups -OCH3 is 1. The molecule has 1 aromatic rings. The number of rotatable bonds is 8. The smallest absolute Gasteiger partial charge is 0.253 e. The van der Waals surface area contributed by atoms with Gasteiger partial charge in [-0.1, -0.05) is 6.92 Å². The summed E-state index contributed by atoms with van der Waals surface area (Å²) in [5.41, 5.74) is 0.621. The Balaban J connectivity index is 1.49. The van der Waals surface area contributed by atoms with Crippen LogP contribution >= 0.6 is 0 Å². The van der Waals surface area contributed by atoms with E-state index in [1.807, 2.05) is 24.0 Å². The Hall–Kier alpha value is -2.41. The molecular formula is C24H34N2O5. The van der Waals surface area contributed by atoms with Crippen LogP contribution < -0.4 is 4.74 Å². The van der Waals surface area contributed by atoms with Crippen molar-refractivity contribution < 1.29 is 23.9 Å². The summed E-state index contributed by atoms with van der Waals surface area (Å²) in [7, 11) is 1.60. The molecule has 0 saturated carbocycles. The number of ether oxygens (including phenoxy) is 2. The first-order valence-corrected chi connectivity index (χ1v) is 11.4. The maximum absolute atomic E-state index is 12.9. The van der Waals surface area contributed by atoms with Gasteiger partial charge < -0.3 is 19.3 Å². The van der Waals surface area contributed by atoms with Gasteiger partial charge in [-0.2, -0.15) is 0 Å². The third-order valence-electron chi connectivity index (χ3n) is 6.23. The molecule has 2 saturated heterocycles. The van der Waals surface area contributed by atoms with Gasteiger partial charge in [0.05, 0.1) is 13.0 Å². The maximum Gasteiger partial charge on any atom is 0.253 e. The second-order valence-corrected chi connectivity index (χ2v) is 8.38. The highest BCUT2D eigenvalue weighted by atomic mass is 16.5. The lowest BCUT2D eigenvalue weighted by molar-refractivity contribution is -0.134. The van der Waals surface area contributed by atoms with Gasteiger partial charge in [-0.05, 0) is 37.1 Å². The van der Waals surface area contributed by atoms with E-state index in [1.165, 1.54) is 0 Å². The van der Waals surface area contributed by atoms with Gasteiger partial charge in [-0.3, -0.25) is 14.4 Å². The molecule has 2 fully saturated rings. The summed E-state index contributed by atoms with van der Waals surface area (Å²) < 4.78 is 11.1. The van der Waals surface area contributed by atoms with Gasteiger partial charge in [0.25, 0.3) is 5.91 Å². The fraction of sp³-hybridized carbons (Fsp3) is 0.625. The van der Waals surface area contributed by atoms with E-state index in [0.717, 1.165) is 31.4 Å². The molecule has 2 heterocycles. The van der Waals surface area contributed by atoms with Crippen LogP contribution in [0.4, 0.5) is 0 Å². The minimum absolute atomic E-state index is 0.0250. The van der Waals surface area contributed by atoms with Crippen molar-refractivity contribution in [3.05, 3.63) is 29.8 Å². The van der Waals surface area contributed by atoms with Crippen molar-refractivity contribution in [3.8, 4) is 5.75 Å². The predicted molar refractivity (Wildman–Crippen MR) is 117 cm³/mol. The number of likely N-dealkylation sites (tertiary alicyclic amines) is 2. The fourth-order valence-corrected chi connectivity index (χ4v) is 4.33. The van der Waals surface area contributed by atoms with Crippen LogP contribution in [0.5, 0.6) is 5.75 Å². The molecule has 0 unspecified atom stereocenters. The van der Waals surface area contributed by atoms with Crippen molar-refractivity contribution in [3.63, 3.8) is 0 Å². The molecule has 0 N–H and O–H groups in total. The molecule has 7 nitrogen and oxygen atoms in total. The number of benzene rings is 1. The summed E-state index contributed by atoms with van der Waals surface area (Å²) in [6.45, 7) is 4.93. The van der Waals surface area contributed by atoms with Gasteiger partial charge in [0.1, 0.15) is 17.6 Å². The van der Waals surface area contributed by atoms with Gasteiger partial charge in [0.2, 0.25) is 5.91 Å². The molecular weight excluding hydrogens is 396 g/mol. The molecule has 2 aliphatic rings. The average molecular weight is 431 g/mol. The molecule has 0 aliphatic carbocycles. The molecule has 3 rings (SSSR count). The van der Waals surface area contributed by atoms with E-state index in [2.05, 4.69) is 0 Å². The number of carbonyl (C=O) groups excluding carboxylic acids is 3. The number of carbonyl (C=O) groups is 3. The van der Waals surface area contributed by atoms with Crippen molar-refractivity contribution in [1.82, 2.24) is 9.80 Å². The van der Waals surface area contributed by atoms with E-state index in [4.69, 9.17) is 9.47 Å². The van der Waals surface area contributed by atoms with Crippen LogP contribution in [0, 0.1) is 5.92 Å². The van der Waals surface area contributed by atoms with E-state index in [9.17, 15) is 14.4 Å². The van der Waals surface area contributed by atoms with Crippen LogP contribution in [0.25, 0.3) is 0 Å². The Morgan fingerprint density at radius 1 is 1.00 bits per heavy atom. The molecule has 1 atom stereocenters. The third-order valence-corrected chi connectivity index (χ3v) is 6.23. The summed E-state index contributed by atoms with van der Waals surface area (Å²) in [5, 5.41) is 0. The third kappa shape index (κ3) is 6.29. The number of ketones is 1. The summed E-state index contributed by atoms with van der Waals surface area (Å²) in [6.07, 6.45) is 4.34. The second kappa shape index (κ2) is 11.3. The minimum Gasteiger partial charge on any atom is -0.490 e. The van der Waals surface area contributed by atoms with E-state index >= 15 is 0 Å². The van der Waals surface area contributed by atoms with Crippen LogP contribution in [0.2, 0.25) is 0 Å². The van der Waals surface area contributed by atoms with Crippen molar-refractivity contribution >= 4 is 17.6 Å². The van der Waals surface area contributed by atoms with Gasteiger partial charge >= 0.3 is 0 Å². The summed E-state index contributed by atoms with van der Waals surface area (Å²) in [5.74, 6) is 1.05. The van der Waals surface area contributed by atoms with E-state index in [-0.39, 0.29) is 29.6 Å². The normalized spacial score (nSPS) is 19.9. The molecule has 0 bridgehead atoms. The standard InChI is InChI=1S/C24H34N2O5/c1-3-22(27)19-5-4-13-26(17-19)24(29)18-6-8-20(9-7-18)31-21-10-14-25(15-11-21)23(28)12-16-30-2/h6-9,19,21H,3-5,10-17H2,1-2H3/t19-/m0/s1. The molecule has 7 heteroatoms. The highest BCUT2D eigenvalue weighted by Crippen LogP contribution is 2.23. The topological polar surface area (TPSA) is 76.2 Å². The Morgan fingerprint density at radius 2 is 1.71 bits per heavy atom. The Morgan fingerprint density at radius 3 is 2.35 bits per heavy atom. The van der Waals surface area contributed by atoms with Crippen molar-refractivity contribution in [2.75, 3.05) is 39.9 Å². The Kier molecular flexibility index (Phi) is 8.46. The molecule has 31 heavy (non-hydrogen) atoms. The molecule has 0 radical (unpaired) electrons. The first kappa shape index (κ1) is 23.3. The number of piperidine rings is 2. The van der Waals surface area contributed by atoms with Gasteiger partial charge in [-0.15, -0.1) is 0 Å². The zero-order valence-electron chi connectivity index (χ0n) is 18.7. The van der Waals surface area contributed by atoms with Gasteiger partial charge in [0.15, 0.2) is 0 Å². The predicted octanol–water partition coefficient (Wildman–Crippen LogP) is 2.92. The first-order chi connectivity index (χ1) is 15.0. The van der Waals surface area contributed by atoms with Gasteiger partial charge in [-0.25, -0.2) is 0 Å². The lowest BCUT2D eigenvalue weighted by atomic mass is 9.92. The van der Waals surface area contributed by atoms with E-state index < -0.39 is 0 Å². The highest BCUT2D eigenvalue weighted by Gasteiger charge is 2.28. The zero-order chi connectivity index (χ0) is 22.2. The number of nitrogens with zero attached hydrogens (tertiary/aromatic N) is 2. The van der Waals surface area contributed by atoms with Crippen molar-refractivity contribution in [2.45, 2.75) is 51.6 Å². The van der Waals surface area contributed by atoms with Crippen LogP contribution in [0.15, 0.2) is 24.3 Å². The van der Waals surface area contributed by atoms with Crippen LogP contribution in [0.1, 0.15) is 55.8 Å². The molecule has 170 valence electrons. The number of amides is 2. The second-order valence-electron chi connectivity index (χ2n) is 8.38. The lowest BCUT2D eigenvalue weighted by Crippen LogP contribution is -2.42. The van der Waals surface area contributed by atoms with E-state index in [0.29, 0.717) is 51.2 Å². The van der Waals surface area contributed by atoms with E-state index in [1.54, 1.807) is 24.1 Å². The summed E-state index contributed by atoms with van der Waals surface area (Å²) in [6, 6.07) is 7.27. The van der Waals surface area contributed by atoms with Crippen molar-refractivity contribution in [2.24, 2.45) is 5.92 Å². The number of hydrogen-bond donors (Lipinski definition) is 0. The number of hydrogen-bond acceptors (Lipinski definition) is 5. The Labute approximate surface area is 184 Å². The molecule has 1 aromatic carbocycles. The summed E-state index contributed by atoms with van der Waals surface area (Å²) in [4.78, 5) is 40.6. The maximum atomic E-state index is 12.9. The zero-order valence-corrected chi connectivity index (χ0v) is 18.7. The molecule has 2 aliphatic heterocycles. The quantitative estimate of drug-likeness (QED) is 0.634. The molecule has 0 spiro atoms. The molecule has 2 amide bonds. The minimum atomic E-state index is -0.0300. The fourth-order valence-electron chi connectivity index (χ4n) is 4.33. The van der Waals surface area contributed by atoms with Gasteiger partial charge in [0, 0.05) is 64.0 Å². The van der Waals surface area contributed by atoms with Crippen LogP contribution in [0.3, 0.4) is 0 Å². The monoisotopic (exact) mass is 430 g/mol. The van der Waals surface area contributed by atoms with Crippen molar-refractivity contribution in [1.29, 1.82) is 0 Å². The van der Waals surface area contributed by atoms with Crippen LogP contribution in [-0.2, 0) is 14.3 Å². The van der Waals surface area contributed by atoms with Crippen LogP contribution in [-0.4, -0.2) is 73.4 Å². The Bertz CT molecular complexity index is 756. The summed E-state index contributed by atoms with van der Waals surface area (Å²) >= 11 is 0. The largest absolute Gasteiger partial charge is 0.490 e. The lowest BCUT2D eigenvalue weighted by Gasteiger charge is -2.32. The number of Topliss-reactive ketones (excluding diaryl/α,β-unsaturated/α-hetero) is 1. The highest BCUT2D eigenvalue weighted by molar-refractivity contribution is 5.95. The average Bonchev–Trinajstić information content (AvgIpc) is 2.82. The first-order valence-electron chi connectivity index (χ1n) is 11.4. The SMILES string of the molecule is CCC(=O)[C@H]1CCCN(C(=O)c2ccc(OC3CCN(C(=O)CCOC)CC3)cc2)C1.